The number of nitrogens with zero attached hydrogens (tertiary/aromatic N) is 2. The fourth-order valence-corrected chi connectivity index (χ4v) is 3.88. The zero-order chi connectivity index (χ0) is 16.5. The van der Waals surface area contributed by atoms with Crippen LogP contribution < -0.4 is 4.74 Å². The van der Waals surface area contributed by atoms with E-state index in [1.54, 1.807) is 0 Å². The molecule has 3 aliphatic heterocycles. The van der Waals surface area contributed by atoms with E-state index in [1.165, 1.54) is 0 Å². The average molecular weight is 330 g/mol. The number of rotatable bonds is 2. The summed E-state index contributed by atoms with van der Waals surface area (Å²) >= 11 is 0. The van der Waals surface area contributed by atoms with Crippen LogP contribution in [0.15, 0.2) is 24.3 Å². The minimum Gasteiger partial charge on any atom is -0.492 e. The smallest absolute Gasteiger partial charge is 0.410 e. The Morgan fingerprint density at radius 1 is 1.08 bits per heavy atom. The second-order valence-corrected chi connectivity index (χ2v) is 6.68. The van der Waals surface area contributed by atoms with E-state index in [9.17, 15) is 9.59 Å². The van der Waals surface area contributed by atoms with Crippen molar-refractivity contribution in [2.45, 2.75) is 25.3 Å². The van der Waals surface area contributed by atoms with Gasteiger partial charge in [0.2, 0.25) is 5.91 Å². The molecule has 3 heterocycles. The number of amides is 2. The Kier molecular flexibility index (Phi) is 4.04. The largest absolute Gasteiger partial charge is 0.492 e. The molecule has 0 spiro atoms. The molecule has 1 aromatic rings. The summed E-state index contributed by atoms with van der Waals surface area (Å²) in [5.41, 5.74) is 1.11. The first-order valence-corrected chi connectivity index (χ1v) is 8.65. The molecule has 0 radical (unpaired) electrons. The van der Waals surface area contributed by atoms with Gasteiger partial charge in [-0.2, -0.15) is 0 Å². The molecule has 6 heteroatoms. The number of piperidine rings is 1. The molecule has 3 aliphatic rings. The number of hydrogen-bond acceptors (Lipinski definition) is 4. The van der Waals surface area contributed by atoms with E-state index in [4.69, 9.17) is 9.47 Å². The Balaban J connectivity index is 1.34. The Bertz CT molecular complexity index is 640. The second kappa shape index (κ2) is 6.34. The van der Waals surface area contributed by atoms with E-state index in [0.717, 1.165) is 30.6 Å². The molecule has 0 unspecified atom stereocenters. The molecule has 0 N–H and O–H groups in total. The van der Waals surface area contributed by atoms with Gasteiger partial charge < -0.3 is 19.3 Å². The minimum absolute atomic E-state index is 0.104. The van der Waals surface area contributed by atoms with Gasteiger partial charge in [0.1, 0.15) is 19.0 Å². The van der Waals surface area contributed by atoms with Gasteiger partial charge in [0, 0.05) is 19.1 Å². The number of hydrogen-bond donors (Lipinski definition) is 0. The Hall–Kier alpha value is -2.24. The van der Waals surface area contributed by atoms with Gasteiger partial charge in [-0.1, -0.05) is 18.2 Å². The number of ether oxygens (including phenoxy) is 2. The van der Waals surface area contributed by atoms with Crippen molar-refractivity contribution < 1.29 is 19.1 Å². The van der Waals surface area contributed by atoms with Crippen LogP contribution in [-0.4, -0.2) is 60.7 Å². The van der Waals surface area contributed by atoms with Crippen molar-refractivity contribution in [3.05, 3.63) is 29.8 Å². The van der Waals surface area contributed by atoms with Gasteiger partial charge in [0.15, 0.2) is 0 Å². The molecular formula is C18H22N2O4. The van der Waals surface area contributed by atoms with Crippen molar-refractivity contribution in [2.75, 3.05) is 32.8 Å². The molecule has 2 amide bonds. The maximum Gasteiger partial charge on any atom is 0.410 e. The maximum absolute atomic E-state index is 12.8. The third-order valence-electron chi connectivity index (χ3n) is 5.24. The lowest BCUT2D eigenvalue weighted by atomic mass is 9.94. The summed E-state index contributed by atoms with van der Waals surface area (Å²) in [5, 5.41) is 0. The van der Waals surface area contributed by atoms with E-state index in [2.05, 4.69) is 0 Å². The van der Waals surface area contributed by atoms with Crippen molar-refractivity contribution in [1.82, 2.24) is 9.80 Å². The van der Waals surface area contributed by atoms with Crippen LogP contribution in [0, 0.1) is 5.92 Å². The molecule has 0 aromatic heterocycles. The van der Waals surface area contributed by atoms with Crippen LogP contribution in [0.5, 0.6) is 5.75 Å². The number of benzene rings is 1. The highest BCUT2D eigenvalue weighted by Gasteiger charge is 2.35. The highest BCUT2D eigenvalue weighted by atomic mass is 16.6. The molecule has 0 saturated carbocycles. The average Bonchev–Trinajstić information content (AvgIpc) is 3.07. The summed E-state index contributed by atoms with van der Waals surface area (Å²) in [6.45, 7) is 3.01. The Morgan fingerprint density at radius 3 is 2.62 bits per heavy atom. The predicted molar refractivity (Wildman–Crippen MR) is 86.8 cm³/mol. The summed E-state index contributed by atoms with van der Waals surface area (Å²) in [7, 11) is 0. The molecule has 128 valence electrons. The van der Waals surface area contributed by atoms with Gasteiger partial charge in [-0.05, 0) is 30.9 Å². The number of fused-ring (bicyclic) bond motifs is 1. The van der Waals surface area contributed by atoms with E-state index in [1.807, 2.05) is 34.1 Å². The SMILES string of the molecule is O=C([C@@H]1COc2ccccc2C1)N1CCC(N2CCOC2=O)CC1. The molecule has 2 fully saturated rings. The topological polar surface area (TPSA) is 59.1 Å². The minimum atomic E-state index is -0.211. The lowest BCUT2D eigenvalue weighted by molar-refractivity contribution is -0.138. The zero-order valence-corrected chi connectivity index (χ0v) is 13.6. The number of carbonyl (C=O) groups excluding carboxylic acids is 2. The van der Waals surface area contributed by atoms with Crippen LogP contribution in [-0.2, 0) is 16.0 Å². The molecule has 24 heavy (non-hydrogen) atoms. The lowest BCUT2D eigenvalue weighted by Gasteiger charge is -2.37. The second-order valence-electron chi connectivity index (χ2n) is 6.68. The zero-order valence-electron chi connectivity index (χ0n) is 13.6. The van der Waals surface area contributed by atoms with E-state index in [0.29, 0.717) is 32.8 Å². The molecule has 1 atom stereocenters. The lowest BCUT2D eigenvalue weighted by Crippen LogP contribution is -2.49. The number of para-hydroxylation sites is 1. The molecule has 6 nitrogen and oxygen atoms in total. The summed E-state index contributed by atoms with van der Waals surface area (Å²) in [6.07, 6.45) is 2.18. The molecule has 2 saturated heterocycles. The van der Waals surface area contributed by atoms with Crippen molar-refractivity contribution in [3.8, 4) is 5.75 Å². The fourth-order valence-electron chi connectivity index (χ4n) is 3.88. The van der Waals surface area contributed by atoms with Crippen LogP contribution in [0.1, 0.15) is 18.4 Å². The quantitative estimate of drug-likeness (QED) is 0.828. The van der Waals surface area contributed by atoms with Gasteiger partial charge >= 0.3 is 6.09 Å². The van der Waals surface area contributed by atoms with Gasteiger partial charge in [-0.15, -0.1) is 0 Å². The van der Waals surface area contributed by atoms with Crippen molar-refractivity contribution >= 4 is 12.0 Å². The number of cyclic esters (lactones) is 1. The first-order chi connectivity index (χ1) is 11.7. The van der Waals surface area contributed by atoms with Crippen LogP contribution in [0.4, 0.5) is 4.79 Å². The summed E-state index contributed by atoms with van der Waals surface area (Å²) in [5.74, 6) is 0.966. The number of carbonyl (C=O) groups is 2. The van der Waals surface area contributed by atoms with Crippen LogP contribution in [0.2, 0.25) is 0 Å². The summed E-state index contributed by atoms with van der Waals surface area (Å²) in [4.78, 5) is 28.2. The Labute approximate surface area is 141 Å². The third-order valence-corrected chi connectivity index (χ3v) is 5.24. The summed E-state index contributed by atoms with van der Waals surface area (Å²) < 4.78 is 10.8. The predicted octanol–water partition coefficient (Wildman–Crippen LogP) is 1.68. The first-order valence-electron chi connectivity index (χ1n) is 8.65. The number of likely N-dealkylation sites (tertiary alicyclic amines) is 1. The molecule has 0 aliphatic carbocycles. The van der Waals surface area contributed by atoms with Crippen LogP contribution >= 0.6 is 0 Å². The molecule has 1 aromatic carbocycles. The van der Waals surface area contributed by atoms with E-state index in [-0.39, 0.29) is 24.0 Å². The monoisotopic (exact) mass is 330 g/mol. The maximum atomic E-state index is 12.8. The van der Waals surface area contributed by atoms with Crippen molar-refractivity contribution in [2.24, 2.45) is 5.92 Å². The van der Waals surface area contributed by atoms with Crippen molar-refractivity contribution in [3.63, 3.8) is 0 Å². The van der Waals surface area contributed by atoms with Gasteiger partial charge in [0.05, 0.1) is 12.5 Å². The molecule has 4 rings (SSSR count). The van der Waals surface area contributed by atoms with Gasteiger partial charge in [0.25, 0.3) is 0 Å². The van der Waals surface area contributed by atoms with E-state index >= 15 is 0 Å². The Morgan fingerprint density at radius 2 is 1.88 bits per heavy atom. The third kappa shape index (κ3) is 2.81. The van der Waals surface area contributed by atoms with Gasteiger partial charge in [-0.3, -0.25) is 4.79 Å². The van der Waals surface area contributed by atoms with Crippen molar-refractivity contribution in [1.29, 1.82) is 0 Å². The van der Waals surface area contributed by atoms with Crippen LogP contribution in [0.3, 0.4) is 0 Å². The highest BCUT2D eigenvalue weighted by Crippen LogP contribution is 2.29. The normalized spacial score (nSPS) is 24.3. The highest BCUT2D eigenvalue weighted by molar-refractivity contribution is 5.80. The molecular weight excluding hydrogens is 308 g/mol. The van der Waals surface area contributed by atoms with E-state index < -0.39 is 0 Å². The molecule has 0 bridgehead atoms. The van der Waals surface area contributed by atoms with Crippen LogP contribution in [0.25, 0.3) is 0 Å². The first kappa shape index (κ1) is 15.3. The fraction of sp³-hybridized carbons (Fsp3) is 0.556. The van der Waals surface area contributed by atoms with Gasteiger partial charge in [-0.25, -0.2) is 4.79 Å². The summed E-state index contributed by atoms with van der Waals surface area (Å²) in [6, 6.07) is 8.12. The standard InChI is InChI=1S/C18H22N2O4/c21-17(14-11-13-3-1-2-4-16(13)24-12-14)19-7-5-15(6-8-19)20-9-10-23-18(20)22/h1-4,14-15H,5-12H2/t14-/m0/s1.